The number of nitrogens with zero attached hydrogens (tertiary/aromatic N) is 2. The first kappa shape index (κ1) is 26.9. The smallest absolute Gasteiger partial charge is 0.260 e. The zero-order valence-corrected chi connectivity index (χ0v) is 23.2. The van der Waals surface area contributed by atoms with Gasteiger partial charge in [-0.25, -0.2) is 0 Å². The van der Waals surface area contributed by atoms with Crippen LogP contribution in [0, 0.1) is 0 Å². The van der Waals surface area contributed by atoms with Crippen molar-refractivity contribution in [2.45, 2.75) is 58.4 Å². The lowest BCUT2D eigenvalue weighted by atomic mass is 9.85. The molecule has 1 atom stereocenters. The van der Waals surface area contributed by atoms with Gasteiger partial charge in [-0.05, 0) is 58.5 Å². The summed E-state index contributed by atoms with van der Waals surface area (Å²) in [5, 5.41) is 2.12. The number of hydrogen-bond donors (Lipinski definition) is 0. The fourth-order valence-electron chi connectivity index (χ4n) is 4.76. The fourth-order valence-corrected chi connectivity index (χ4v) is 5.66. The predicted octanol–water partition coefficient (Wildman–Crippen LogP) is 6.23. The molecule has 0 spiro atoms. The Morgan fingerprint density at radius 3 is 2.46 bits per heavy atom. The first-order chi connectivity index (χ1) is 17.8. The van der Waals surface area contributed by atoms with Crippen LogP contribution in [-0.2, 0) is 21.4 Å². The van der Waals surface area contributed by atoms with E-state index in [2.05, 4.69) is 63.4 Å². The van der Waals surface area contributed by atoms with Crippen LogP contribution in [0.3, 0.4) is 0 Å². The summed E-state index contributed by atoms with van der Waals surface area (Å²) in [6.07, 6.45) is 2.63. The van der Waals surface area contributed by atoms with Crippen molar-refractivity contribution in [1.29, 1.82) is 0 Å². The van der Waals surface area contributed by atoms with E-state index in [1.807, 2.05) is 35.2 Å². The molecule has 6 heteroatoms. The molecule has 196 valence electrons. The normalized spacial score (nSPS) is 15.2. The molecule has 0 N–H and O–H groups in total. The molecule has 5 nitrogen and oxygen atoms in total. The third kappa shape index (κ3) is 6.61. The van der Waals surface area contributed by atoms with Crippen molar-refractivity contribution in [2.24, 2.45) is 0 Å². The minimum atomic E-state index is -0.162. The number of fused-ring (bicyclic) bond motifs is 1. The summed E-state index contributed by atoms with van der Waals surface area (Å²) < 4.78 is 5.71. The van der Waals surface area contributed by atoms with E-state index in [0.29, 0.717) is 18.8 Å². The van der Waals surface area contributed by atoms with Gasteiger partial charge in [0.15, 0.2) is 6.61 Å². The van der Waals surface area contributed by atoms with Crippen LogP contribution in [0.25, 0.3) is 0 Å². The Hall–Kier alpha value is -3.12. The van der Waals surface area contributed by atoms with Crippen LogP contribution in [-0.4, -0.2) is 47.9 Å². The monoisotopic (exact) mass is 518 g/mol. The molecule has 1 aliphatic heterocycles. The van der Waals surface area contributed by atoms with Crippen molar-refractivity contribution in [1.82, 2.24) is 9.80 Å². The number of unbranched alkanes of at least 4 members (excludes halogenated alkanes) is 1. The highest BCUT2D eigenvalue weighted by Gasteiger charge is 2.34. The van der Waals surface area contributed by atoms with Crippen LogP contribution >= 0.6 is 11.3 Å². The standard InChI is InChI=1S/C31H38N2O3S/c1-5-6-18-32(29(35)22-36-25-10-8-7-9-11-25)21-28(34)33-19-16-27-26(17-20-37-27)30(33)23-12-14-24(15-13-23)31(2,3)4/h7-15,17,20,30H,5-6,16,18-19,21-22H2,1-4H3. The number of para-hydroxylation sites is 1. The largest absolute Gasteiger partial charge is 0.484 e. The Balaban J connectivity index is 1.53. The Morgan fingerprint density at radius 2 is 1.78 bits per heavy atom. The lowest BCUT2D eigenvalue weighted by molar-refractivity contribution is -0.142. The second-order valence-corrected chi connectivity index (χ2v) is 11.7. The highest BCUT2D eigenvalue weighted by Crippen LogP contribution is 2.38. The van der Waals surface area contributed by atoms with E-state index in [-0.39, 0.29) is 36.4 Å². The Morgan fingerprint density at radius 1 is 1.05 bits per heavy atom. The highest BCUT2D eigenvalue weighted by atomic mass is 32.1. The second kappa shape index (κ2) is 12.0. The number of rotatable bonds is 9. The number of hydrogen-bond acceptors (Lipinski definition) is 4. The third-order valence-electron chi connectivity index (χ3n) is 6.94. The van der Waals surface area contributed by atoms with E-state index >= 15 is 0 Å². The van der Waals surface area contributed by atoms with Gasteiger partial charge in [-0.1, -0.05) is 76.6 Å². The molecule has 0 saturated carbocycles. The second-order valence-electron chi connectivity index (χ2n) is 10.7. The van der Waals surface area contributed by atoms with Gasteiger partial charge < -0.3 is 14.5 Å². The molecule has 2 aromatic carbocycles. The molecule has 37 heavy (non-hydrogen) atoms. The van der Waals surface area contributed by atoms with Crippen molar-refractivity contribution in [3.8, 4) is 5.75 Å². The molecule has 0 aliphatic carbocycles. The van der Waals surface area contributed by atoms with E-state index in [1.54, 1.807) is 16.2 Å². The molecule has 0 radical (unpaired) electrons. The summed E-state index contributed by atoms with van der Waals surface area (Å²) in [6, 6.07) is 20.0. The van der Waals surface area contributed by atoms with Crippen LogP contribution in [0.1, 0.15) is 68.1 Å². The van der Waals surface area contributed by atoms with Crippen LogP contribution in [0.15, 0.2) is 66.0 Å². The summed E-state index contributed by atoms with van der Waals surface area (Å²) in [6.45, 7) is 9.89. The number of benzene rings is 2. The summed E-state index contributed by atoms with van der Waals surface area (Å²) in [5.41, 5.74) is 3.65. The number of carbonyl (C=O) groups is 2. The van der Waals surface area contributed by atoms with Gasteiger partial charge in [0, 0.05) is 18.0 Å². The first-order valence-corrected chi connectivity index (χ1v) is 14.1. The molecular weight excluding hydrogens is 480 g/mol. The van der Waals surface area contributed by atoms with Gasteiger partial charge in [0.05, 0.1) is 12.6 Å². The van der Waals surface area contributed by atoms with Crippen LogP contribution in [0.4, 0.5) is 0 Å². The van der Waals surface area contributed by atoms with Crippen molar-refractivity contribution in [3.05, 3.63) is 87.6 Å². The lowest BCUT2D eigenvalue weighted by Crippen LogP contribution is -2.47. The molecule has 1 aliphatic rings. The van der Waals surface area contributed by atoms with E-state index in [9.17, 15) is 9.59 Å². The van der Waals surface area contributed by atoms with Crippen molar-refractivity contribution in [3.63, 3.8) is 0 Å². The van der Waals surface area contributed by atoms with Gasteiger partial charge in [-0.2, -0.15) is 0 Å². The Labute approximate surface area is 225 Å². The molecule has 4 rings (SSSR count). The average molecular weight is 519 g/mol. The van der Waals surface area contributed by atoms with Gasteiger partial charge in [-0.15, -0.1) is 11.3 Å². The summed E-state index contributed by atoms with van der Waals surface area (Å²) in [4.78, 5) is 31.9. The zero-order valence-electron chi connectivity index (χ0n) is 22.4. The van der Waals surface area contributed by atoms with Gasteiger partial charge in [0.25, 0.3) is 5.91 Å². The fraction of sp³-hybridized carbons (Fsp3) is 0.419. The molecule has 0 saturated heterocycles. The Bertz CT molecular complexity index is 1180. The van der Waals surface area contributed by atoms with Crippen molar-refractivity contribution >= 4 is 23.2 Å². The molecular formula is C31H38N2O3S. The quantitative estimate of drug-likeness (QED) is 0.338. The van der Waals surface area contributed by atoms with E-state index in [0.717, 1.165) is 24.8 Å². The number of amides is 2. The SMILES string of the molecule is CCCCN(CC(=O)N1CCc2sccc2C1c1ccc(C(C)(C)C)cc1)C(=O)COc1ccccc1. The minimum Gasteiger partial charge on any atom is -0.484 e. The topological polar surface area (TPSA) is 49.9 Å². The van der Waals surface area contributed by atoms with E-state index in [1.165, 1.54) is 16.0 Å². The summed E-state index contributed by atoms with van der Waals surface area (Å²) in [5.74, 6) is 0.466. The molecule has 1 unspecified atom stereocenters. The van der Waals surface area contributed by atoms with Gasteiger partial charge in [0.1, 0.15) is 5.75 Å². The summed E-state index contributed by atoms with van der Waals surface area (Å²) in [7, 11) is 0. The van der Waals surface area contributed by atoms with Gasteiger partial charge in [-0.3, -0.25) is 9.59 Å². The van der Waals surface area contributed by atoms with E-state index in [4.69, 9.17) is 4.74 Å². The maximum absolute atomic E-state index is 13.8. The molecule has 0 bridgehead atoms. The Kier molecular flexibility index (Phi) is 8.70. The van der Waals surface area contributed by atoms with Crippen LogP contribution < -0.4 is 4.74 Å². The molecule has 1 aromatic heterocycles. The lowest BCUT2D eigenvalue weighted by Gasteiger charge is -2.38. The minimum absolute atomic E-state index is 0.0223. The maximum Gasteiger partial charge on any atom is 0.260 e. The summed E-state index contributed by atoms with van der Waals surface area (Å²) >= 11 is 1.76. The molecule has 2 amide bonds. The molecule has 3 aromatic rings. The first-order valence-electron chi connectivity index (χ1n) is 13.2. The predicted molar refractivity (Wildman–Crippen MR) is 150 cm³/mol. The number of ether oxygens (including phenoxy) is 1. The van der Waals surface area contributed by atoms with Crippen LogP contribution in [0.2, 0.25) is 0 Å². The van der Waals surface area contributed by atoms with Gasteiger partial charge >= 0.3 is 0 Å². The van der Waals surface area contributed by atoms with Crippen LogP contribution in [0.5, 0.6) is 5.75 Å². The zero-order chi connectivity index (χ0) is 26.4. The molecule has 0 fully saturated rings. The number of thiophene rings is 1. The van der Waals surface area contributed by atoms with Crippen molar-refractivity contribution < 1.29 is 14.3 Å². The van der Waals surface area contributed by atoms with Crippen molar-refractivity contribution in [2.75, 3.05) is 26.2 Å². The highest BCUT2D eigenvalue weighted by molar-refractivity contribution is 7.10. The third-order valence-corrected chi connectivity index (χ3v) is 7.94. The van der Waals surface area contributed by atoms with Gasteiger partial charge in [0.2, 0.25) is 5.91 Å². The average Bonchev–Trinajstić information content (AvgIpc) is 3.38. The maximum atomic E-state index is 13.8. The van der Waals surface area contributed by atoms with E-state index < -0.39 is 0 Å². The number of carbonyl (C=O) groups excluding carboxylic acids is 2. The molecule has 2 heterocycles.